The average molecular weight is 231 g/mol. The lowest BCUT2D eigenvalue weighted by atomic mass is 10.2. The van der Waals surface area contributed by atoms with E-state index in [2.05, 4.69) is 20.5 Å². The minimum Gasteiger partial charge on any atom is -0.382 e. The molecule has 0 aliphatic heterocycles. The van der Waals surface area contributed by atoms with Crippen LogP contribution in [0.15, 0.2) is 18.2 Å². The van der Waals surface area contributed by atoms with E-state index in [9.17, 15) is 4.79 Å². The molecule has 0 radical (unpaired) electrons. The van der Waals surface area contributed by atoms with Gasteiger partial charge in [-0.1, -0.05) is 0 Å². The van der Waals surface area contributed by atoms with Gasteiger partial charge in [-0.15, -0.1) is 0 Å². The topological polar surface area (TPSA) is 96.7 Å². The zero-order chi connectivity index (χ0) is 12.4. The molecule has 0 unspecified atom stereocenters. The molecule has 0 fully saturated rings. The van der Waals surface area contributed by atoms with Crippen LogP contribution in [0.1, 0.15) is 21.9 Å². The predicted octanol–water partition coefficient (Wildman–Crippen LogP) is 1.26. The Morgan fingerprint density at radius 3 is 2.76 bits per heavy atom. The van der Waals surface area contributed by atoms with Crippen molar-refractivity contribution in [3.05, 3.63) is 35.3 Å². The highest BCUT2D eigenvalue weighted by atomic mass is 16.1. The van der Waals surface area contributed by atoms with E-state index in [1.165, 1.54) is 6.07 Å². The van der Waals surface area contributed by atoms with Crippen molar-refractivity contribution in [2.75, 3.05) is 11.1 Å². The van der Waals surface area contributed by atoms with Crippen LogP contribution in [0.5, 0.6) is 0 Å². The highest BCUT2D eigenvalue weighted by Gasteiger charge is 2.10. The number of carbonyl (C=O) groups excluding carboxylic acids is 1. The molecule has 0 spiro atoms. The number of aryl methyl sites for hydroxylation is 2. The minimum atomic E-state index is -0.289. The number of anilines is 2. The molecule has 0 saturated heterocycles. The van der Waals surface area contributed by atoms with Gasteiger partial charge in [-0.25, -0.2) is 0 Å². The Bertz CT molecular complexity index is 561. The van der Waals surface area contributed by atoms with Gasteiger partial charge in [0, 0.05) is 11.8 Å². The number of aromatic nitrogens is 3. The van der Waals surface area contributed by atoms with Crippen molar-refractivity contribution in [1.29, 1.82) is 0 Å². The van der Waals surface area contributed by atoms with Crippen molar-refractivity contribution in [1.82, 2.24) is 15.2 Å². The van der Waals surface area contributed by atoms with Crippen LogP contribution in [0, 0.1) is 13.8 Å². The number of H-pyrrole nitrogens is 1. The Labute approximate surface area is 98.3 Å². The van der Waals surface area contributed by atoms with E-state index in [0.717, 1.165) is 11.4 Å². The third-order valence-corrected chi connectivity index (χ3v) is 2.32. The first-order valence-corrected chi connectivity index (χ1v) is 5.13. The summed E-state index contributed by atoms with van der Waals surface area (Å²) in [5.74, 6) is -0.00291. The van der Waals surface area contributed by atoms with Crippen LogP contribution >= 0.6 is 0 Å². The zero-order valence-electron chi connectivity index (χ0n) is 9.61. The summed E-state index contributed by atoms with van der Waals surface area (Å²) in [5, 5.41) is 8.98. The number of nitrogens with two attached hydrogens (primary N) is 1. The van der Waals surface area contributed by atoms with Gasteiger partial charge >= 0.3 is 0 Å². The molecular weight excluding hydrogens is 218 g/mol. The SMILES string of the molecule is Cc1ccc(NC(=O)c2cc(N)n[nH]2)c(C)n1. The number of rotatable bonds is 2. The number of hydrogen-bond acceptors (Lipinski definition) is 4. The maximum absolute atomic E-state index is 11.8. The molecule has 2 heterocycles. The van der Waals surface area contributed by atoms with Crippen molar-refractivity contribution < 1.29 is 4.79 Å². The maximum Gasteiger partial charge on any atom is 0.273 e. The van der Waals surface area contributed by atoms with E-state index >= 15 is 0 Å². The Morgan fingerprint density at radius 2 is 2.18 bits per heavy atom. The third kappa shape index (κ3) is 2.41. The summed E-state index contributed by atoms with van der Waals surface area (Å²) >= 11 is 0. The van der Waals surface area contributed by atoms with Gasteiger partial charge in [-0.05, 0) is 26.0 Å². The molecular formula is C11H13N5O. The van der Waals surface area contributed by atoms with Crippen LogP contribution in [0.2, 0.25) is 0 Å². The highest BCUT2D eigenvalue weighted by Crippen LogP contribution is 2.14. The van der Waals surface area contributed by atoms with Gasteiger partial charge in [0.05, 0.1) is 11.4 Å². The Kier molecular flexibility index (Phi) is 2.78. The van der Waals surface area contributed by atoms with Crippen LogP contribution in [0.25, 0.3) is 0 Å². The third-order valence-electron chi connectivity index (χ3n) is 2.32. The molecule has 0 aromatic carbocycles. The summed E-state index contributed by atoms with van der Waals surface area (Å²) < 4.78 is 0. The number of amides is 1. The molecule has 88 valence electrons. The molecule has 17 heavy (non-hydrogen) atoms. The van der Waals surface area contributed by atoms with E-state index < -0.39 is 0 Å². The van der Waals surface area contributed by atoms with Gasteiger partial charge in [0.15, 0.2) is 0 Å². The molecule has 1 amide bonds. The number of aromatic amines is 1. The number of carbonyl (C=O) groups is 1. The summed E-state index contributed by atoms with van der Waals surface area (Å²) in [4.78, 5) is 16.1. The number of hydrogen-bond donors (Lipinski definition) is 3. The summed E-state index contributed by atoms with van der Waals surface area (Å²) in [5.41, 5.74) is 8.10. The summed E-state index contributed by atoms with van der Waals surface area (Å²) in [6.07, 6.45) is 0. The molecule has 6 heteroatoms. The van der Waals surface area contributed by atoms with E-state index in [4.69, 9.17) is 5.73 Å². The van der Waals surface area contributed by atoms with E-state index in [1.807, 2.05) is 26.0 Å². The van der Waals surface area contributed by atoms with Crippen molar-refractivity contribution in [3.63, 3.8) is 0 Å². The lowest BCUT2D eigenvalue weighted by Crippen LogP contribution is -2.13. The fourth-order valence-electron chi connectivity index (χ4n) is 1.46. The smallest absolute Gasteiger partial charge is 0.273 e. The van der Waals surface area contributed by atoms with Gasteiger partial charge in [0.2, 0.25) is 0 Å². The molecule has 0 saturated carbocycles. The average Bonchev–Trinajstić information content (AvgIpc) is 2.69. The standard InChI is InChI=1S/C11H13N5O/c1-6-3-4-8(7(2)13-6)14-11(17)9-5-10(12)16-15-9/h3-5H,1-2H3,(H,14,17)(H3,12,15,16). The second kappa shape index (κ2) is 4.25. The van der Waals surface area contributed by atoms with Crippen LogP contribution in [-0.2, 0) is 0 Å². The second-order valence-corrected chi connectivity index (χ2v) is 3.75. The number of nitrogen functional groups attached to an aromatic ring is 1. The van der Waals surface area contributed by atoms with Gasteiger partial charge in [0.25, 0.3) is 5.91 Å². The van der Waals surface area contributed by atoms with Crippen molar-refractivity contribution in [2.45, 2.75) is 13.8 Å². The van der Waals surface area contributed by atoms with Crippen LogP contribution in [-0.4, -0.2) is 21.1 Å². The predicted molar refractivity (Wildman–Crippen MR) is 64.7 cm³/mol. The first-order chi connectivity index (χ1) is 8.06. The lowest BCUT2D eigenvalue weighted by Gasteiger charge is -2.06. The van der Waals surface area contributed by atoms with Gasteiger partial charge in [-0.2, -0.15) is 5.10 Å². The fourth-order valence-corrected chi connectivity index (χ4v) is 1.46. The quantitative estimate of drug-likeness (QED) is 0.724. The highest BCUT2D eigenvalue weighted by molar-refractivity contribution is 6.03. The first kappa shape index (κ1) is 11.1. The summed E-state index contributed by atoms with van der Waals surface area (Å²) in [6, 6.07) is 5.13. The largest absolute Gasteiger partial charge is 0.382 e. The molecule has 2 rings (SSSR count). The second-order valence-electron chi connectivity index (χ2n) is 3.75. The number of pyridine rings is 1. The molecule has 0 aliphatic rings. The van der Waals surface area contributed by atoms with Gasteiger partial charge in [0.1, 0.15) is 11.5 Å². The van der Waals surface area contributed by atoms with Gasteiger partial charge in [-0.3, -0.25) is 14.9 Å². The van der Waals surface area contributed by atoms with Crippen molar-refractivity contribution >= 4 is 17.4 Å². The number of nitrogens with zero attached hydrogens (tertiary/aromatic N) is 2. The minimum absolute atomic E-state index is 0.286. The molecule has 2 aromatic rings. The van der Waals surface area contributed by atoms with Crippen molar-refractivity contribution in [3.8, 4) is 0 Å². The molecule has 0 bridgehead atoms. The van der Waals surface area contributed by atoms with E-state index in [1.54, 1.807) is 0 Å². The maximum atomic E-state index is 11.8. The lowest BCUT2D eigenvalue weighted by molar-refractivity contribution is 0.102. The normalized spacial score (nSPS) is 10.2. The summed E-state index contributed by atoms with van der Waals surface area (Å²) in [6.45, 7) is 3.73. The number of nitrogens with one attached hydrogen (secondary N) is 2. The molecule has 0 aliphatic carbocycles. The van der Waals surface area contributed by atoms with Crippen LogP contribution < -0.4 is 11.1 Å². The summed E-state index contributed by atoms with van der Waals surface area (Å²) in [7, 11) is 0. The van der Waals surface area contributed by atoms with Crippen LogP contribution in [0.3, 0.4) is 0 Å². The molecule has 0 atom stereocenters. The first-order valence-electron chi connectivity index (χ1n) is 5.13. The Balaban J connectivity index is 2.18. The zero-order valence-corrected chi connectivity index (χ0v) is 9.61. The Morgan fingerprint density at radius 1 is 1.41 bits per heavy atom. The van der Waals surface area contributed by atoms with Crippen molar-refractivity contribution in [2.24, 2.45) is 0 Å². The molecule has 2 aromatic heterocycles. The fraction of sp³-hybridized carbons (Fsp3) is 0.182. The molecule has 6 nitrogen and oxygen atoms in total. The van der Waals surface area contributed by atoms with E-state index in [0.29, 0.717) is 11.4 Å². The monoisotopic (exact) mass is 231 g/mol. The van der Waals surface area contributed by atoms with Crippen LogP contribution in [0.4, 0.5) is 11.5 Å². The van der Waals surface area contributed by atoms with Gasteiger partial charge < -0.3 is 11.1 Å². The molecule has 4 N–H and O–H groups in total. The van der Waals surface area contributed by atoms with E-state index in [-0.39, 0.29) is 11.7 Å². The Hall–Kier alpha value is -2.37.